The zero-order valence-corrected chi connectivity index (χ0v) is 21.0. The Morgan fingerprint density at radius 2 is 1.94 bits per heavy atom. The summed E-state index contributed by atoms with van der Waals surface area (Å²) in [6.45, 7) is 4.84. The van der Waals surface area contributed by atoms with E-state index in [4.69, 9.17) is 4.74 Å². The van der Waals surface area contributed by atoms with Crippen molar-refractivity contribution < 1.29 is 9.13 Å². The number of nitrogens with one attached hydrogen (secondary N) is 1. The van der Waals surface area contributed by atoms with Crippen LogP contribution in [0.2, 0.25) is 0 Å². The molecule has 0 spiro atoms. The van der Waals surface area contributed by atoms with Crippen LogP contribution in [0.25, 0.3) is 10.9 Å². The van der Waals surface area contributed by atoms with Crippen LogP contribution < -0.4 is 15.6 Å². The number of aromatic nitrogens is 3. The molecule has 0 aliphatic carbocycles. The summed E-state index contributed by atoms with van der Waals surface area (Å²) >= 11 is 1.77. The van der Waals surface area contributed by atoms with Crippen LogP contribution in [0.3, 0.4) is 0 Å². The van der Waals surface area contributed by atoms with E-state index in [1.54, 1.807) is 34.5 Å². The van der Waals surface area contributed by atoms with Crippen LogP contribution in [0.15, 0.2) is 40.0 Å². The molecule has 186 valence electrons. The summed E-state index contributed by atoms with van der Waals surface area (Å²) in [5.74, 6) is 1.52. The molecule has 35 heavy (non-hydrogen) atoms. The molecule has 3 aliphatic heterocycles. The second-order valence-electron chi connectivity index (χ2n) is 9.37. The highest BCUT2D eigenvalue weighted by Gasteiger charge is 2.29. The van der Waals surface area contributed by atoms with Crippen molar-refractivity contribution in [1.82, 2.24) is 25.0 Å². The van der Waals surface area contributed by atoms with Gasteiger partial charge < -0.3 is 19.5 Å². The van der Waals surface area contributed by atoms with Crippen LogP contribution in [0.1, 0.15) is 36.4 Å². The summed E-state index contributed by atoms with van der Waals surface area (Å²) < 4.78 is 22.2. The summed E-state index contributed by atoms with van der Waals surface area (Å²) in [4.78, 5) is 15.9. The third kappa shape index (κ3) is 4.91. The lowest BCUT2D eigenvalue weighted by Crippen LogP contribution is -2.44. The Balaban J connectivity index is 0.00000253. The van der Waals surface area contributed by atoms with Crippen molar-refractivity contribution in [1.29, 1.82) is 0 Å². The lowest BCUT2D eigenvalue weighted by atomic mass is 9.88. The van der Waals surface area contributed by atoms with Crippen LogP contribution in [-0.2, 0) is 13.1 Å². The quantitative estimate of drug-likeness (QED) is 0.554. The van der Waals surface area contributed by atoms with E-state index in [1.807, 2.05) is 6.07 Å². The second kappa shape index (κ2) is 10.4. The Hall–Kier alpha value is -2.20. The molecule has 0 radical (unpaired) electrons. The Bertz CT molecular complexity index is 1280. The molecule has 1 unspecified atom stereocenters. The van der Waals surface area contributed by atoms with E-state index in [-0.39, 0.29) is 29.7 Å². The van der Waals surface area contributed by atoms with E-state index in [9.17, 15) is 9.18 Å². The topological polar surface area (TPSA) is 72.3 Å². The average molecular weight is 518 g/mol. The minimum absolute atomic E-state index is 0. The number of halogens is 2. The molecule has 1 N–H and O–H groups in total. The maximum absolute atomic E-state index is 14.9. The third-order valence-corrected chi connectivity index (χ3v) is 8.22. The van der Waals surface area contributed by atoms with Crippen molar-refractivity contribution in [2.75, 3.05) is 32.0 Å². The highest BCUT2D eigenvalue weighted by molar-refractivity contribution is 7.99. The molecule has 7 nitrogen and oxygen atoms in total. The molecule has 5 heterocycles. The maximum atomic E-state index is 14.9. The van der Waals surface area contributed by atoms with Gasteiger partial charge in [-0.2, -0.15) is 5.10 Å². The van der Waals surface area contributed by atoms with Gasteiger partial charge in [-0.25, -0.2) is 4.39 Å². The van der Waals surface area contributed by atoms with Gasteiger partial charge in [0, 0.05) is 49.0 Å². The predicted octanol–water partition coefficient (Wildman–Crippen LogP) is 3.58. The predicted molar refractivity (Wildman–Crippen MR) is 137 cm³/mol. The molecule has 1 fully saturated rings. The fraction of sp³-hybridized carbons (Fsp3) is 0.480. The Labute approximate surface area is 213 Å². The molecule has 0 amide bonds. The lowest BCUT2D eigenvalue weighted by Gasteiger charge is -2.36. The van der Waals surface area contributed by atoms with Gasteiger partial charge in [0.15, 0.2) is 0 Å². The van der Waals surface area contributed by atoms with Crippen molar-refractivity contribution >= 4 is 35.1 Å². The van der Waals surface area contributed by atoms with Gasteiger partial charge in [0.25, 0.3) is 5.56 Å². The van der Waals surface area contributed by atoms with Crippen LogP contribution in [-0.4, -0.2) is 57.7 Å². The number of nitrogens with zero attached hydrogens (tertiary/aromatic N) is 4. The van der Waals surface area contributed by atoms with Crippen molar-refractivity contribution in [2.45, 2.75) is 49.2 Å². The van der Waals surface area contributed by atoms with Gasteiger partial charge in [-0.1, -0.05) is 0 Å². The minimum Gasteiger partial charge on any atom is -0.475 e. The number of benzene rings is 1. The normalized spacial score (nSPS) is 20.2. The van der Waals surface area contributed by atoms with E-state index in [1.165, 1.54) is 0 Å². The highest BCUT2D eigenvalue weighted by Crippen LogP contribution is 2.35. The molecule has 1 aromatic carbocycles. The molecule has 1 atom stereocenters. The number of hydrogen-bond donors (Lipinski definition) is 1. The summed E-state index contributed by atoms with van der Waals surface area (Å²) in [5.41, 5.74) is 2.41. The first kappa shape index (κ1) is 24.5. The number of piperidine rings is 1. The largest absolute Gasteiger partial charge is 0.475 e. The second-order valence-corrected chi connectivity index (χ2v) is 10.5. The Kier molecular flexibility index (Phi) is 7.29. The summed E-state index contributed by atoms with van der Waals surface area (Å²) in [6.07, 6.45) is 2.89. The minimum atomic E-state index is -0.192. The van der Waals surface area contributed by atoms with Crippen molar-refractivity contribution in [3.05, 3.63) is 57.8 Å². The summed E-state index contributed by atoms with van der Waals surface area (Å²) in [5, 5.41) is 13.1. The van der Waals surface area contributed by atoms with Gasteiger partial charge in [-0.15, -0.1) is 29.3 Å². The summed E-state index contributed by atoms with van der Waals surface area (Å²) in [6, 6.07) is 9.25. The monoisotopic (exact) mass is 517 g/mol. The van der Waals surface area contributed by atoms with Crippen molar-refractivity contribution in [2.24, 2.45) is 0 Å². The number of ether oxygens (including phenoxy) is 1. The van der Waals surface area contributed by atoms with Gasteiger partial charge in [0.1, 0.15) is 5.82 Å². The van der Waals surface area contributed by atoms with E-state index in [2.05, 4.69) is 26.5 Å². The van der Waals surface area contributed by atoms with Gasteiger partial charge in [0.05, 0.1) is 22.7 Å². The van der Waals surface area contributed by atoms with Gasteiger partial charge >= 0.3 is 0 Å². The lowest BCUT2D eigenvalue weighted by molar-refractivity contribution is 0.181. The van der Waals surface area contributed by atoms with Gasteiger partial charge in [0.2, 0.25) is 5.88 Å². The van der Waals surface area contributed by atoms with E-state index >= 15 is 0 Å². The van der Waals surface area contributed by atoms with E-state index in [0.717, 1.165) is 71.7 Å². The smallest absolute Gasteiger partial charge is 0.251 e. The molecule has 1 saturated heterocycles. The number of aryl methyl sites for hydroxylation is 1. The first-order valence-electron chi connectivity index (χ1n) is 12.1. The first-order valence-corrected chi connectivity index (χ1v) is 13.0. The van der Waals surface area contributed by atoms with Crippen LogP contribution >= 0.6 is 24.2 Å². The average Bonchev–Trinajstić information content (AvgIpc) is 2.87. The molecule has 0 saturated carbocycles. The molecule has 0 bridgehead atoms. The fourth-order valence-corrected chi connectivity index (χ4v) is 6.31. The molecule has 10 heteroatoms. The Morgan fingerprint density at radius 1 is 1.11 bits per heavy atom. The zero-order chi connectivity index (χ0) is 23.1. The molecular formula is C25H29ClFN5O2S. The van der Waals surface area contributed by atoms with Crippen LogP contribution in [0, 0.1) is 5.82 Å². The SMILES string of the molecule is Cl.O=c1ccc2ccc(F)c3c2n1CCC3CN1CCC(NCc2cc3c(nn2)OCCS3)CC1. The fourth-order valence-electron chi connectivity index (χ4n) is 5.48. The summed E-state index contributed by atoms with van der Waals surface area (Å²) in [7, 11) is 0. The first-order chi connectivity index (χ1) is 16.7. The zero-order valence-electron chi connectivity index (χ0n) is 19.4. The van der Waals surface area contributed by atoms with Crippen molar-refractivity contribution in [3.63, 3.8) is 0 Å². The van der Waals surface area contributed by atoms with Crippen LogP contribution in [0.4, 0.5) is 4.39 Å². The number of likely N-dealkylation sites (tertiary alicyclic amines) is 1. The molecule has 2 aromatic heterocycles. The number of hydrogen-bond acceptors (Lipinski definition) is 7. The van der Waals surface area contributed by atoms with E-state index < -0.39 is 0 Å². The molecule has 3 aromatic rings. The maximum Gasteiger partial charge on any atom is 0.251 e. The molecule has 3 aliphatic rings. The number of thioether (sulfide) groups is 1. The molecular weight excluding hydrogens is 489 g/mol. The molecule has 6 rings (SSSR count). The Morgan fingerprint density at radius 3 is 2.80 bits per heavy atom. The number of fused-ring (bicyclic) bond motifs is 1. The van der Waals surface area contributed by atoms with Crippen molar-refractivity contribution in [3.8, 4) is 5.88 Å². The van der Waals surface area contributed by atoms with Gasteiger partial charge in [-0.3, -0.25) is 4.79 Å². The van der Waals surface area contributed by atoms with E-state index in [0.29, 0.717) is 31.6 Å². The number of pyridine rings is 1. The third-order valence-electron chi connectivity index (χ3n) is 7.24. The van der Waals surface area contributed by atoms with Crippen LogP contribution in [0.5, 0.6) is 5.88 Å². The highest BCUT2D eigenvalue weighted by atomic mass is 35.5. The van der Waals surface area contributed by atoms with Gasteiger partial charge in [-0.05, 0) is 62.0 Å². The standard InChI is InChI=1S/C25H28FN5O2S.ClH/c26-20-3-1-16-2-4-22(32)31-10-5-17(23(20)24(16)31)15-30-8-6-18(7-9-30)27-14-19-13-21-25(29-28-19)33-11-12-34-21;/h1-4,13,17-18,27H,5-12,14-15H2;1H. The number of rotatable bonds is 5.